The van der Waals surface area contributed by atoms with Crippen molar-refractivity contribution in [3.8, 4) is 0 Å². The molecule has 1 amide bonds. The van der Waals surface area contributed by atoms with Gasteiger partial charge in [0.2, 0.25) is 0 Å². The van der Waals surface area contributed by atoms with Crippen molar-refractivity contribution in [3.05, 3.63) is 35.6 Å². The number of halogens is 1. The summed E-state index contributed by atoms with van der Waals surface area (Å²) in [5.41, 5.74) is 0.115. The molecular weight excluding hydrogens is 263 g/mol. The van der Waals surface area contributed by atoms with E-state index in [4.69, 9.17) is 9.94 Å². The van der Waals surface area contributed by atoms with Crippen molar-refractivity contribution < 1.29 is 19.1 Å². The van der Waals surface area contributed by atoms with Crippen LogP contribution in [-0.4, -0.2) is 28.7 Å². The number of ether oxygens (including phenoxy) is 1. The van der Waals surface area contributed by atoms with E-state index in [1.807, 2.05) is 0 Å². The highest BCUT2D eigenvalue weighted by atomic mass is 19.1. The molecule has 0 fully saturated rings. The van der Waals surface area contributed by atoms with Gasteiger partial charge in [0.15, 0.2) is 0 Å². The Morgan fingerprint density at radius 3 is 2.35 bits per heavy atom. The van der Waals surface area contributed by atoms with E-state index in [9.17, 15) is 9.18 Å². The molecule has 1 rings (SSSR count). The summed E-state index contributed by atoms with van der Waals surface area (Å²) in [6, 6.07) is 4.86. The molecule has 1 aromatic rings. The number of rotatable bonds is 3. The first-order valence-corrected chi connectivity index (χ1v) is 6.20. The van der Waals surface area contributed by atoms with Crippen LogP contribution in [0, 0.1) is 5.82 Å². The third-order valence-corrected chi connectivity index (χ3v) is 2.39. The number of benzene rings is 1. The fourth-order valence-corrected chi connectivity index (χ4v) is 1.57. The zero-order valence-electron chi connectivity index (χ0n) is 12.0. The lowest BCUT2D eigenvalue weighted by molar-refractivity contribution is 0.0521. The second-order valence-electron chi connectivity index (χ2n) is 5.36. The number of nitrogens with one attached hydrogen (secondary N) is 1. The van der Waals surface area contributed by atoms with Gasteiger partial charge < -0.3 is 15.3 Å². The largest absolute Gasteiger partial charge is 0.444 e. The van der Waals surface area contributed by atoms with Crippen molar-refractivity contribution in [1.29, 1.82) is 0 Å². The second-order valence-corrected chi connectivity index (χ2v) is 5.36. The van der Waals surface area contributed by atoms with Crippen LogP contribution in [0.1, 0.15) is 33.3 Å². The number of hydrogen-bond donors (Lipinski definition) is 2. The summed E-state index contributed by atoms with van der Waals surface area (Å²) in [5, 5.41) is 14.8. The first-order chi connectivity index (χ1) is 9.23. The van der Waals surface area contributed by atoms with Gasteiger partial charge >= 0.3 is 6.09 Å². The molecule has 1 aromatic carbocycles. The smallest absolute Gasteiger partial charge is 0.408 e. The molecule has 0 aliphatic heterocycles. The van der Waals surface area contributed by atoms with Crippen molar-refractivity contribution >= 4 is 11.8 Å². The summed E-state index contributed by atoms with van der Waals surface area (Å²) in [4.78, 5) is 11.6. The summed E-state index contributed by atoms with van der Waals surface area (Å²) in [6.07, 6.45) is -0.617. The van der Waals surface area contributed by atoms with Crippen LogP contribution in [0.25, 0.3) is 0 Å². The molecule has 0 saturated carbocycles. The summed E-state index contributed by atoms with van der Waals surface area (Å²) in [5.74, 6) is -0.390. The van der Waals surface area contributed by atoms with Crippen molar-refractivity contribution in [2.45, 2.75) is 39.3 Å². The van der Waals surface area contributed by atoms with Crippen LogP contribution >= 0.6 is 0 Å². The van der Waals surface area contributed by atoms with Gasteiger partial charge in [0, 0.05) is 5.56 Å². The minimum Gasteiger partial charge on any atom is -0.444 e. The average Bonchev–Trinajstić information content (AvgIpc) is 2.29. The Kier molecular flexibility index (Phi) is 5.07. The van der Waals surface area contributed by atoms with Gasteiger partial charge in [-0.3, -0.25) is 0 Å². The SMILES string of the molecule is C[C@H](NC(=O)OC(C)(C)C)/C(=N/O)c1ccc(F)cc1. The van der Waals surface area contributed by atoms with Gasteiger partial charge in [-0.05, 0) is 39.8 Å². The number of carbonyl (C=O) groups is 1. The lowest BCUT2D eigenvalue weighted by Crippen LogP contribution is -2.42. The molecular formula is C14H19FN2O3. The first kappa shape index (κ1) is 15.9. The monoisotopic (exact) mass is 282 g/mol. The Hall–Kier alpha value is -2.11. The molecule has 0 saturated heterocycles. The average molecular weight is 282 g/mol. The molecule has 20 heavy (non-hydrogen) atoms. The van der Waals surface area contributed by atoms with E-state index in [1.165, 1.54) is 24.3 Å². The Balaban J connectivity index is 2.76. The van der Waals surface area contributed by atoms with Crippen LogP contribution < -0.4 is 5.32 Å². The Morgan fingerprint density at radius 1 is 1.35 bits per heavy atom. The van der Waals surface area contributed by atoms with Crippen molar-refractivity contribution in [2.24, 2.45) is 5.16 Å². The van der Waals surface area contributed by atoms with E-state index in [1.54, 1.807) is 27.7 Å². The van der Waals surface area contributed by atoms with Crippen molar-refractivity contribution in [2.75, 3.05) is 0 Å². The van der Waals surface area contributed by atoms with Crippen LogP contribution in [0.2, 0.25) is 0 Å². The minimum atomic E-state index is -0.617. The maximum Gasteiger partial charge on any atom is 0.408 e. The standard InChI is InChI=1S/C14H19FN2O3/c1-9(16-13(18)20-14(2,3)4)12(17-19)10-5-7-11(15)8-6-10/h5-9,19H,1-4H3,(H,16,18)/b17-12-/t9-/m0/s1. The molecule has 2 N–H and O–H groups in total. The number of oxime groups is 1. The highest BCUT2D eigenvalue weighted by molar-refractivity contribution is 6.04. The van der Waals surface area contributed by atoms with Gasteiger partial charge in [-0.15, -0.1) is 0 Å². The van der Waals surface area contributed by atoms with E-state index in [0.29, 0.717) is 5.56 Å². The highest BCUT2D eigenvalue weighted by Crippen LogP contribution is 2.09. The van der Waals surface area contributed by atoms with E-state index >= 15 is 0 Å². The molecule has 0 heterocycles. The van der Waals surface area contributed by atoms with Crippen LogP contribution in [0.5, 0.6) is 0 Å². The predicted octanol–water partition coefficient (Wildman–Crippen LogP) is 2.92. The fourth-order valence-electron chi connectivity index (χ4n) is 1.57. The maximum atomic E-state index is 12.9. The number of carbonyl (C=O) groups excluding carboxylic acids is 1. The zero-order valence-corrected chi connectivity index (χ0v) is 12.0. The third kappa shape index (κ3) is 4.87. The maximum absolute atomic E-state index is 12.9. The van der Waals surface area contributed by atoms with Gasteiger partial charge in [0.1, 0.15) is 17.1 Å². The van der Waals surface area contributed by atoms with E-state index in [2.05, 4.69) is 10.5 Å². The van der Waals surface area contributed by atoms with Gasteiger partial charge in [-0.1, -0.05) is 17.3 Å². The first-order valence-electron chi connectivity index (χ1n) is 6.20. The second kappa shape index (κ2) is 6.36. The fraction of sp³-hybridized carbons (Fsp3) is 0.429. The van der Waals surface area contributed by atoms with Crippen LogP contribution in [0.4, 0.5) is 9.18 Å². The topological polar surface area (TPSA) is 70.9 Å². The van der Waals surface area contributed by atoms with Gasteiger partial charge in [0.25, 0.3) is 0 Å². The summed E-state index contributed by atoms with van der Waals surface area (Å²) >= 11 is 0. The van der Waals surface area contributed by atoms with E-state index < -0.39 is 23.6 Å². The quantitative estimate of drug-likeness (QED) is 0.508. The number of amides is 1. The molecule has 0 aromatic heterocycles. The van der Waals surface area contributed by atoms with Crippen LogP contribution in [-0.2, 0) is 4.74 Å². The van der Waals surface area contributed by atoms with E-state index in [-0.39, 0.29) is 5.71 Å². The molecule has 110 valence electrons. The molecule has 0 aliphatic rings. The molecule has 0 unspecified atom stereocenters. The Morgan fingerprint density at radius 2 is 1.90 bits per heavy atom. The van der Waals surface area contributed by atoms with Crippen molar-refractivity contribution in [1.82, 2.24) is 5.32 Å². The Bertz CT molecular complexity index is 492. The molecule has 0 radical (unpaired) electrons. The molecule has 6 heteroatoms. The normalized spacial score (nSPS) is 13.8. The number of hydrogen-bond acceptors (Lipinski definition) is 4. The zero-order chi connectivity index (χ0) is 15.3. The third-order valence-electron chi connectivity index (χ3n) is 2.39. The number of nitrogens with zero attached hydrogens (tertiary/aromatic N) is 1. The van der Waals surface area contributed by atoms with Gasteiger partial charge in [0.05, 0.1) is 6.04 Å². The molecule has 0 aliphatic carbocycles. The molecule has 1 atom stereocenters. The summed E-state index contributed by atoms with van der Waals surface area (Å²) in [6.45, 7) is 6.89. The molecule has 5 nitrogen and oxygen atoms in total. The van der Waals surface area contributed by atoms with E-state index in [0.717, 1.165) is 0 Å². The van der Waals surface area contributed by atoms with Gasteiger partial charge in [-0.2, -0.15) is 0 Å². The van der Waals surface area contributed by atoms with Gasteiger partial charge in [-0.25, -0.2) is 9.18 Å². The highest BCUT2D eigenvalue weighted by Gasteiger charge is 2.21. The Labute approximate surface area is 117 Å². The van der Waals surface area contributed by atoms with Crippen molar-refractivity contribution in [3.63, 3.8) is 0 Å². The summed E-state index contributed by atoms with van der Waals surface area (Å²) in [7, 11) is 0. The number of alkyl carbamates (subject to hydrolysis) is 1. The lowest BCUT2D eigenvalue weighted by Gasteiger charge is -2.22. The van der Waals surface area contributed by atoms with Crippen LogP contribution in [0.15, 0.2) is 29.4 Å². The molecule has 0 bridgehead atoms. The molecule has 0 spiro atoms. The van der Waals surface area contributed by atoms with Crippen LogP contribution in [0.3, 0.4) is 0 Å². The predicted molar refractivity (Wildman–Crippen MR) is 73.6 cm³/mol. The summed E-state index contributed by atoms with van der Waals surface area (Å²) < 4.78 is 18.0. The lowest BCUT2D eigenvalue weighted by atomic mass is 10.0. The minimum absolute atomic E-state index is 0.218.